The topological polar surface area (TPSA) is 43.8 Å². The van der Waals surface area contributed by atoms with Crippen LogP contribution < -0.4 is 4.90 Å². The second kappa shape index (κ2) is 13.6. The highest BCUT2D eigenvalue weighted by atomic mass is 16.4. The smallest absolute Gasteiger partial charge is 0.303 e. The lowest BCUT2D eigenvalue weighted by Gasteiger charge is -2.21. The van der Waals surface area contributed by atoms with E-state index in [0.29, 0.717) is 0 Å². The third-order valence-corrected chi connectivity index (χ3v) is 6.28. The number of benzene rings is 3. The molecule has 0 aliphatic carbocycles. The quantitative estimate of drug-likeness (QED) is 0.231. The molecule has 34 heavy (non-hydrogen) atoms. The van der Waals surface area contributed by atoms with Crippen LogP contribution in [-0.4, -0.2) is 49.7 Å². The molecule has 0 saturated carbocycles. The molecule has 0 aliphatic rings. The van der Waals surface area contributed by atoms with Crippen LogP contribution in [0.2, 0.25) is 0 Å². The number of carbonyl (C=O) groups is 1. The first-order valence-corrected chi connectivity index (χ1v) is 12.3. The van der Waals surface area contributed by atoms with Gasteiger partial charge in [0.1, 0.15) is 0 Å². The van der Waals surface area contributed by atoms with Crippen molar-refractivity contribution in [3.63, 3.8) is 0 Å². The third-order valence-electron chi connectivity index (χ3n) is 6.28. The molecule has 0 amide bonds. The number of hydrogen-bond acceptors (Lipinski definition) is 3. The van der Waals surface area contributed by atoms with E-state index in [4.69, 9.17) is 5.11 Å². The van der Waals surface area contributed by atoms with E-state index in [1.54, 1.807) is 0 Å². The van der Waals surface area contributed by atoms with Crippen molar-refractivity contribution >= 4 is 22.4 Å². The Labute approximate surface area is 204 Å². The van der Waals surface area contributed by atoms with Crippen molar-refractivity contribution in [2.24, 2.45) is 0 Å². The van der Waals surface area contributed by atoms with E-state index in [-0.39, 0.29) is 6.42 Å². The average Bonchev–Trinajstić information content (AvgIpc) is 2.84. The van der Waals surface area contributed by atoms with Crippen LogP contribution in [0.4, 0.5) is 5.69 Å². The summed E-state index contributed by atoms with van der Waals surface area (Å²) in [5.74, 6) is -0.700. The summed E-state index contributed by atoms with van der Waals surface area (Å²) in [5, 5.41) is 11.5. The van der Waals surface area contributed by atoms with Crippen molar-refractivity contribution < 1.29 is 9.90 Å². The van der Waals surface area contributed by atoms with Crippen molar-refractivity contribution in [3.8, 4) is 0 Å². The summed E-state index contributed by atoms with van der Waals surface area (Å²) in [5.41, 5.74) is 3.92. The van der Waals surface area contributed by atoms with Crippen LogP contribution in [0.25, 0.3) is 10.8 Å². The molecule has 0 saturated heterocycles. The van der Waals surface area contributed by atoms with Gasteiger partial charge in [0.15, 0.2) is 0 Å². The van der Waals surface area contributed by atoms with Gasteiger partial charge in [-0.15, -0.1) is 0 Å². The van der Waals surface area contributed by atoms with Gasteiger partial charge in [-0.3, -0.25) is 9.69 Å². The predicted octanol–water partition coefficient (Wildman–Crippen LogP) is 6.19. The summed E-state index contributed by atoms with van der Waals surface area (Å²) >= 11 is 0. The summed E-state index contributed by atoms with van der Waals surface area (Å²) in [4.78, 5) is 15.4. The van der Waals surface area contributed by atoms with Crippen molar-refractivity contribution in [2.45, 2.75) is 38.5 Å². The lowest BCUT2D eigenvalue weighted by molar-refractivity contribution is -0.137. The summed E-state index contributed by atoms with van der Waals surface area (Å²) in [6.45, 7) is 2.90. The average molecular weight is 459 g/mol. The molecule has 0 radical (unpaired) electrons. The van der Waals surface area contributed by atoms with Gasteiger partial charge in [-0.2, -0.15) is 0 Å². The Morgan fingerprint density at radius 1 is 0.853 bits per heavy atom. The minimum atomic E-state index is -0.700. The van der Waals surface area contributed by atoms with Gasteiger partial charge in [-0.05, 0) is 66.3 Å². The summed E-state index contributed by atoms with van der Waals surface area (Å²) < 4.78 is 0. The van der Waals surface area contributed by atoms with Crippen LogP contribution in [0.15, 0.2) is 78.9 Å². The van der Waals surface area contributed by atoms with Crippen molar-refractivity contribution in [3.05, 3.63) is 90.0 Å². The Morgan fingerprint density at radius 3 is 2.38 bits per heavy atom. The Kier molecular flexibility index (Phi) is 10.2. The van der Waals surface area contributed by atoms with Gasteiger partial charge in [0.25, 0.3) is 0 Å². The third kappa shape index (κ3) is 8.35. The van der Waals surface area contributed by atoms with Crippen LogP contribution in [-0.2, 0) is 17.6 Å². The molecule has 0 heterocycles. The summed E-state index contributed by atoms with van der Waals surface area (Å²) in [7, 11) is 4.12. The number of carboxylic acids is 1. The van der Waals surface area contributed by atoms with E-state index in [2.05, 4.69) is 103 Å². The minimum Gasteiger partial charge on any atom is -0.481 e. The highest BCUT2D eigenvalue weighted by molar-refractivity contribution is 5.85. The Balaban J connectivity index is 1.55. The molecule has 3 aromatic carbocycles. The Morgan fingerprint density at radius 2 is 1.62 bits per heavy atom. The second-order valence-corrected chi connectivity index (χ2v) is 9.13. The van der Waals surface area contributed by atoms with Crippen LogP contribution >= 0.6 is 0 Å². The first-order valence-electron chi connectivity index (χ1n) is 12.3. The minimum absolute atomic E-state index is 0.266. The number of hydrogen-bond donors (Lipinski definition) is 1. The number of fused-ring (bicyclic) bond motifs is 1. The fraction of sp³-hybridized carbons (Fsp3) is 0.367. The maximum absolute atomic E-state index is 10.8. The largest absolute Gasteiger partial charge is 0.481 e. The fourth-order valence-electron chi connectivity index (χ4n) is 4.25. The van der Waals surface area contributed by atoms with E-state index >= 15 is 0 Å². The number of unbranched alkanes of at least 4 members (excludes halogenated alkanes) is 2. The molecule has 4 nitrogen and oxygen atoms in total. The van der Waals surface area contributed by atoms with Gasteiger partial charge in [-0.25, -0.2) is 0 Å². The Hall–Kier alpha value is -3.11. The fourth-order valence-corrected chi connectivity index (χ4v) is 4.25. The molecule has 0 aliphatic heterocycles. The first-order chi connectivity index (χ1) is 16.5. The summed E-state index contributed by atoms with van der Waals surface area (Å²) in [6, 6.07) is 23.9. The molecule has 0 spiro atoms. The maximum atomic E-state index is 10.8. The lowest BCUT2D eigenvalue weighted by atomic mass is 10.0. The molecule has 3 aromatic rings. The SMILES string of the molecule is CN(C)c1ccc(C/C=C/CN(CCCCCC(=O)O)CCc2cccc3ccccc23)cc1. The molecule has 0 fully saturated rings. The molecule has 180 valence electrons. The molecular formula is C30H38N2O2. The number of anilines is 1. The molecule has 0 bridgehead atoms. The Bertz CT molecular complexity index is 1050. The maximum Gasteiger partial charge on any atom is 0.303 e. The zero-order valence-corrected chi connectivity index (χ0v) is 20.6. The number of nitrogens with zero attached hydrogens (tertiary/aromatic N) is 2. The molecule has 0 atom stereocenters. The number of allylic oxidation sites excluding steroid dienone is 1. The lowest BCUT2D eigenvalue weighted by Crippen LogP contribution is -2.27. The first kappa shape index (κ1) is 25.5. The summed E-state index contributed by atoms with van der Waals surface area (Å²) in [6.07, 6.45) is 9.50. The zero-order chi connectivity index (χ0) is 24.2. The van der Waals surface area contributed by atoms with Crippen LogP contribution in [0.3, 0.4) is 0 Å². The van der Waals surface area contributed by atoms with Crippen LogP contribution in [0, 0.1) is 0 Å². The van der Waals surface area contributed by atoms with Crippen LogP contribution in [0.1, 0.15) is 36.8 Å². The van der Waals surface area contributed by atoms with Gasteiger partial charge >= 0.3 is 5.97 Å². The molecule has 0 unspecified atom stereocenters. The van der Waals surface area contributed by atoms with Crippen LogP contribution in [0.5, 0.6) is 0 Å². The predicted molar refractivity (Wildman–Crippen MR) is 144 cm³/mol. The molecule has 0 aromatic heterocycles. The standard InChI is InChI=1S/C30H38N2O2/c1-31(2)28-19-17-25(18-20-28)11-7-9-23-32(22-8-3-4-16-30(33)34)24-21-27-14-10-13-26-12-5-6-15-29(26)27/h5-7,9-10,12-15,17-20H,3-4,8,11,16,21-24H2,1-2H3,(H,33,34)/b9-7+. The monoisotopic (exact) mass is 458 g/mol. The van der Waals surface area contributed by atoms with Crippen molar-refractivity contribution in [2.75, 3.05) is 38.6 Å². The van der Waals surface area contributed by atoms with E-state index < -0.39 is 5.97 Å². The number of aliphatic carboxylic acids is 1. The van der Waals surface area contributed by atoms with Gasteiger partial charge in [-0.1, -0.05) is 73.2 Å². The second-order valence-electron chi connectivity index (χ2n) is 9.13. The van der Waals surface area contributed by atoms with Crippen molar-refractivity contribution in [1.29, 1.82) is 0 Å². The van der Waals surface area contributed by atoms with E-state index in [1.165, 1.54) is 27.6 Å². The van der Waals surface area contributed by atoms with E-state index in [0.717, 1.165) is 51.7 Å². The van der Waals surface area contributed by atoms with Gasteiger partial charge in [0.2, 0.25) is 0 Å². The molecule has 4 heteroatoms. The zero-order valence-electron chi connectivity index (χ0n) is 20.6. The van der Waals surface area contributed by atoms with E-state index in [9.17, 15) is 4.79 Å². The van der Waals surface area contributed by atoms with E-state index in [1.807, 2.05) is 0 Å². The highest BCUT2D eigenvalue weighted by Crippen LogP contribution is 2.19. The number of carboxylic acid groups (broad SMARTS) is 1. The van der Waals surface area contributed by atoms with Gasteiger partial charge in [0, 0.05) is 39.3 Å². The molecular weight excluding hydrogens is 420 g/mol. The van der Waals surface area contributed by atoms with Gasteiger partial charge in [0.05, 0.1) is 0 Å². The molecule has 1 N–H and O–H groups in total. The number of rotatable bonds is 14. The normalized spacial score (nSPS) is 11.5. The highest BCUT2D eigenvalue weighted by Gasteiger charge is 2.07. The molecule has 3 rings (SSSR count). The van der Waals surface area contributed by atoms with Crippen molar-refractivity contribution in [1.82, 2.24) is 4.90 Å². The van der Waals surface area contributed by atoms with Gasteiger partial charge < -0.3 is 10.0 Å².